The smallest absolute Gasteiger partial charge is 0.161 e. The third-order valence-corrected chi connectivity index (χ3v) is 2.46. The minimum Gasteiger partial charge on any atom is -0.370 e. The lowest BCUT2D eigenvalue weighted by molar-refractivity contribution is -0.127. The summed E-state index contributed by atoms with van der Waals surface area (Å²) in [7, 11) is 0. The largest absolute Gasteiger partial charge is 0.370 e. The lowest BCUT2D eigenvalue weighted by Gasteiger charge is -2.15. The Kier molecular flexibility index (Phi) is 3.27. The van der Waals surface area contributed by atoms with Gasteiger partial charge in [0.15, 0.2) is 5.78 Å². The molecule has 0 aromatic rings. The zero-order valence-corrected chi connectivity index (χ0v) is 8.17. The van der Waals surface area contributed by atoms with E-state index in [1.54, 1.807) is 0 Å². The van der Waals surface area contributed by atoms with Gasteiger partial charge in [0.1, 0.15) is 6.61 Å². The molecule has 1 aliphatic rings. The van der Waals surface area contributed by atoms with E-state index >= 15 is 0 Å². The van der Waals surface area contributed by atoms with Crippen LogP contribution in [0.3, 0.4) is 0 Å². The second-order valence-electron chi connectivity index (χ2n) is 4.00. The molecule has 0 bridgehead atoms. The van der Waals surface area contributed by atoms with Crippen LogP contribution < -0.4 is 0 Å². The molecule has 0 radical (unpaired) electrons. The Labute approximate surface area is 74.3 Å². The summed E-state index contributed by atoms with van der Waals surface area (Å²) in [6.07, 6.45) is 2.36. The maximum Gasteiger partial charge on any atom is 0.161 e. The second kappa shape index (κ2) is 4.04. The number of hydrogen-bond donors (Lipinski definition) is 0. The molecule has 12 heavy (non-hydrogen) atoms. The summed E-state index contributed by atoms with van der Waals surface area (Å²) in [5.41, 5.74) is 0. The molecule has 1 atom stereocenters. The summed E-state index contributed by atoms with van der Waals surface area (Å²) < 4.78 is 5.42. The number of Topliss-reactive ketones (excluding diaryl/α,β-unsaturated/α-hetero) is 1. The Hall–Kier alpha value is -0.370. The number of hydrogen-bond acceptors (Lipinski definition) is 2. The highest BCUT2D eigenvalue weighted by Crippen LogP contribution is 2.29. The van der Waals surface area contributed by atoms with Gasteiger partial charge in [-0.1, -0.05) is 13.8 Å². The monoisotopic (exact) mass is 170 g/mol. The van der Waals surface area contributed by atoms with Gasteiger partial charge in [-0.25, -0.2) is 0 Å². The van der Waals surface area contributed by atoms with Crippen molar-refractivity contribution < 1.29 is 9.53 Å². The SMILES string of the molecule is CC(C)C(C)OCC(=O)C1CC1. The molecule has 0 aromatic carbocycles. The molecule has 2 heteroatoms. The van der Waals surface area contributed by atoms with Gasteiger partial charge in [-0.3, -0.25) is 4.79 Å². The predicted molar refractivity (Wildman–Crippen MR) is 48.0 cm³/mol. The van der Waals surface area contributed by atoms with Crippen molar-refractivity contribution in [3.05, 3.63) is 0 Å². The van der Waals surface area contributed by atoms with Crippen LogP contribution in [0, 0.1) is 11.8 Å². The van der Waals surface area contributed by atoms with Crippen molar-refractivity contribution >= 4 is 5.78 Å². The van der Waals surface area contributed by atoms with E-state index in [1.807, 2.05) is 6.92 Å². The summed E-state index contributed by atoms with van der Waals surface area (Å²) in [5, 5.41) is 0. The van der Waals surface area contributed by atoms with Crippen molar-refractivity contribution in [3.63, 3.8) is 0 Å². The van der Waals surface area contributed by atoms with Gasteiger partial charge in [-0.15, -0.1) is 0 Å². The molecule has 1 unspecified atom stereocenters. The highest BCUT2D eigenvalue weighted by Gasteiger charge is 2.29. The van der Waals surface area contributed by atoms with Gasteiger partial charge in [0.05, 0.1) is 6.10 Å². The summed E-state index contributed by atoms with van der Waals surface area (Å²) in [6, 6.07) is 0. The van der Waals surface area contributed by atoms with Crippen LogP contribution in [0.1, 0.15) is 33.6 Å². The average Bonchev–Trinajstić information content (AvgIpc) is 2.81. The van der Waals surface area contributed by atoms with Gasteiger partial charge in [0, 0.05) is 5.92 Å². The van der Waals surface area contributed by atoms with E-state index in [0.717, 1.165) is 12.8 Å². The fourth-order valence-corrected chi connectivity index (χ4v) is 0.929. The lowest BCUT2D eigenvalue weighted by Crippen LogP contribution is -2.20. The predicted octanol–water partition coefficient (Wildman–Crippen LogP) is 2.03. The fourth-order valence-electron chi connectivity index (χ4n) is 0.929. The van der Waals surface area contributed by atoms with Crippen LogP contribution >= 0.6 is 0 Å². The maximum atomic E-state index is 11.2. The Morgan fingerprint density at radius 1 is 1.42 bits per heavy atom. The number of ketones is 1. The topological polar surface area (TPSA) is 26.3 Å². The molecule has 0 amide bonds. The summed E-state index contributed by atoms with van der Waals surface area (Å²) in [6.45, 7) is 6.55. The van der Waals surface area contributed by atoms with Crippen molar-refractivity contribution in [1.29, 1.82) is 0 Å². The molecule has 0 saturated heterocycles. The summed E-state index contributed by atoms with van der Waals surface area (Å²) in [5.74, 6) is 1.13. The summed E-state index contributed by atoms with van der Waals surface area (Å²) in [4.78, 5) is 11.2. The van der Waals surface area contributed by atoms with E-state index in [0.29, 0.717) is 24.2 Å². The molecule has 0 aliphatic heterocycles. The molecule has 1 saturated carbocycles. The molecule has 0 N–H and O–H groups in total. The van der Waals surface area contributed by atoms with Gasteiger partial charge in [-0.2, -0.15) is 0 Å². The van der Waals surface area contributed by atoms with Gasteiger partial charge < -0.3 is 4.74 Å². The number of carbonyl (C=O) groups excluding carboxylic acids is 1. The van der Waals surface area contributed by atoms with E-state index < -0.39 is 0 Å². The molecule has 2 nitrogen and oxygen atoms in total. The van der Waals surface area contributed by atoms with Crippen LogP contribution in [0.5, 0.6) is 0 Å². The Bertz CT molecular complexity index is 159. The number of rotatable bonds is 5. The zero-order valence-electron chi connectivity index (χ0n) is 8.17. The molecular weight excluding hydrogens is 152 g/mol. The van der Waals surface area contributed by atoms with Gasteiger partial charge in [0.2, 0.25) is 0 Å². The fraction of sp³-hybridized carbons (Fsp3) is 0.900. The first-order valence-corrected chi connectivity index (χ1v) is 4.75. The Morgan fingerprint density at radius 3 is 2.42 bits per heavy atom. The molecule has 1 aliphatic carbocycles. The van der Waals surface area contributed by atoms with Gasteiger partial charge >= 0.3 is 0 Å². The van der Waals surface area contributed by atoms with Gasteiger partial charge in [-0.05, 0) is 25.7 Å². The molecule has 0 aromatic heterocycles. The van der Waals surface area contributed by atoms with Crippen molar-refractivity contribution in [2.45, 2.75) is 39.7 Å². The van der Waals surface area contributed by atoms with Crippen molar-refractivity contribution in [1.82, 2.24) is 0 Å². The standard InChI is InChI=1S/C10H18O2/c1-7(2)8(3)12-6-10(11)9-4-5-9/h7-9H,4-6H2,1-3H3. The van der Waals surface area contributed by atoms with E-state index in [4.69, 9.17) is 4.74 Å². The van der Waals surface area contributed by atoms with Gasteiger partial charge in [0.25, 0.3) is 0 Å². The number of ether oxygens (including phenoxy) is 1. The molecule has 0 spiro atoms. The first-order chi connectivity index (χ1) is 5.61. The van der Waals surface area contributed by atoms with Crippen LogP contribution in [0.15, 0.2) is 0 Å². The molecule has 1 fully saturated rings. The first kappa shape index (κ1) is 9.72. The second-order valence-corrected chi connectivity index (χ2v) is 4.00. The van der Waals surface area contributed by atoms with Crippen LogP contribution in [-0.4, -0.2) is 18.5 Å². The molecular formula is C10H18O2. The first-order valence-electron chi connectivity index (χ1n) is 4.75. The minimum absolute atomic E-state index is 0.202. The Morgan fingerprint density at radius 2 is 2.00 bits per heavy atom. The highest BCUT2D eigenvalue weighted by molar-refractivity contribution is 5.84. The Balaban J connectivity index is 2.11. The molecule has 1 rings (SSSR count). The van der Waals surface area contributed by atoms with Crippen molar-refractivity contribution in [3.8, 4) is 0 Å². The third kappa shape index (κ3) is 2.94. The van der Waals surface area contributed by atoms with Crippen LogP contribution in [-0.2, 0) is 9.53 Å². The summed E-state index contributed by atoms with van der Waals surface area (Å²) >= 11 is 0. The third-order valence-electron chi connectivity index (χ3n) is 2.46. The average molecular weight is 170 g/mol. The highest BCUT2D eigenvalue weighted by atomic mass is 16.5. The van der Waals surface area contributed by atoms with Crippen molar-refractivity contribution in [2.75, 3.05) is 6.61 Å². The van der Waals surface area contributed by atoms with Crippen LogP contribution in [0.25, 0.3) is 0 Å². The molecule has 70 valence electrons. The van der Waals surface area contributed by atoms with Crippen molar-refractivity contribution in [2.24, 2.45) is 11.8 Å². The van der Waals surface area contributed by atoms with E-state index in [-0.39, 0.29) is 6.10 Å². The molecule has 0 heterocycles. The number of carbonyl (C=O) groups is 1. The van der Waals surface area contributed by atoms with Crippen LogP contribution in [0.2, 0.25) is 0 Å². The van der Waals surface area contributed by atoms with Crippen LogP contribution in [0.4, 0.5) is 0 Å². The van der Waals surface area contributed by atoms with E-state index in [2.05, 4.69) is 13.8 Å². The quantitative estimate of drug-likeness (QED) is 0.631. The van der Waals surface area contributed by atoms with E-state index in [1.165, 1.54) is 0 Å². The maximum absolute atomic E-state index is 11.2. The normalized spacial score (nSPS) is 19.7. The minimum atomic E-state index is 0.202. The van der Waals surface area contributed by atoms with E-state index in [9.17, 15) is 4.79 Å². The zero-order chi connectivity index (χ0) is 9.14. The lowest BCUT2D eigenvalue weighted by atomic mass is 10.1.